The molecule has 3 rings (SSSR count). The second kappa shape index (κ2) is 7.28. The molecule has 1 aliphatic rings. The average Bonchev–Trinajstić information content (AvgIpc) is 2.63. The Morgan fingerprint density at radius 1 is 1.26 bits per heavy atom. The van der Waals surface area contributed by atoms with E-state index < -0.39 is 21.7 Å². The first-order valence-corrected chi connectivity index (χ1v) is 9.85. The van der Waals surface area contributed by atoms with Crippen LogP contribution in [-0.2, 0) is 19.4 Å². The van der Waals surface area contributed by atoms with E-state index in [1.165, 1.54) is 36.1 Å². The Morgan fingerprint density at radius 2 is 2.00 bits per heavy atom. The molecule has 0 spiro atoms. The molecule has 8 nitrogen and oxygen atoms in total. The predicted molar refractivity (Wildman–Crippen MR) is 98.8 cm³/mol. The molecule has 0 atom stereocenters. The van der Waals surface area contributed by atoms with Gasteiger partial charge in [-0.3, -0.25) is 4.79 Å². The number of benzene rings is 2. The minimum absolute atomic E-state index is 0.0528. The van der Waals surface area contributed by atoms with Crippen LogP contribution in [0, 0.1) is 0 Å². The van der Waals surface area contributed by atoms with Crippen LogP contribution < -0.4 is 15.0 Å². The Labute approximate surface area is 156 Å². The fourth-order valence-electron chi connectivity index (χ4n) is 2.68. The van der Waals surface area contributed by atoms with Gasteiger partial charge in [0.05, 0.1) is 28.6 Å². The average molecular weight is 390 g/mol. The molecule has 0 fully saturated rings. The number of carbonyl (C=O) groups is 2. The van der Waals surface area contributed by atoms with Crippen LogP contribution in [0.15, 0.2) is 47.4 Å². The van der Waals surface area contributed by atoms with Crippen LogP contribution in [0.2, 0.25) is 0 Å². The molecular weight excluding hydrogens is 372 g/mol. The molecule has 0 saturated heterocycles. The number of anilines is 2. The number of carbonyl (C=O) groups excluding carboxylic acids is 2. The molecule has 2 aromatic carbocycles. The van der Waals surface area contributed by atoms with Crippen molar-refractivity contribution in [1.82, 2.24) is 0 Å². The van der Waals surface area contributed by atoms with Crippen molar-refractivity contribution in [2.45, 2.75) is 11.8 Å². The van der Waals surface area contributed by atoms with Gasteiger partial charge >= 0.3 is 5.97 Å². The van der Waals surface area contributed by atoms with Gasteiger partial charge in [0, 0.05) is 6.07 Å². The summed E-state index contributed by atoms with van der Waals surface area (Å²) in [5.74, 6) is -1.09. The molecule has 2 N–H and O–H groups in total. The number of phenols is 1. The highest BCUT2D eigenvalue weighted by Crippen LogP contribution is 2.34. The maximum absolute atomic E-state index is 12.3. The smallest absolute Gasteiger partial charge is 0.331 e. The number of rotatable bonds is 5. The summed E-state index contributed by atoms with van der Waals surface area (Å²) in [6.07, 6.45) is 0. The maximum Gasteiger partial charge on any atom is 0.331 e. The van der Waals surface area contributed by atoms with Crippen LogP contribution in [0.25, 0.3) is 0 Å². The quantitative estimate of drug-likeness (QED) is 0.452. The van der Waals surface area contributed by atoms with Crippen LogP contribution in [0.5, 0.6) is 11.5 Å². The van der Waals surface area contributed by atoms with Crippen molar-refractivity contribution in [1.29, 1.82) is 0 Å². The Bertz CT molecular complexity index is 1000. The Hall–Kier alpha value is -3.07. The lowest BCUT2D eigenvalue weighted by Gasteiger charge is -2.29. The van der Waals surface area contributed by atoms with Gasteiger partial charge in [0.25, 0.3) is 0 Å². The number of sulfone groups is 1. The number of nitrogens with one attached hydrogen (secondary N) is 1. The van der Waals surface area contributed by atoms with Crippen molar-refractivity contribution in [3.63, 3.8) is 0 Å². The SMILES string of the molecule is CCS(=O)(=O)c1ccc2c(c1)OC(=O)CN2CC(=O)Nc1ccccc1O. The van der Waals surface area contributed by atoms with Gasteiger partial charge in [-0.25, -0.2) is 13.2 Å². The van der Waals surface area contributed by atoms with Gasteiger partial charge in [-0.2, -0.15) is 0 Å². The lowest BCUT2D eigenvalue weighted by atomic mass is 10.2. The summed E-state index contributed by atoms with van der Waals surface area (Å²) in [4.78, 5) is 25.7. The highest BCUT2D eigenvalue weighted by molar-refractivity contribution is 7.91. The van der Waals surface area contributed by atoms with Crippen molar-refractivity contribution >= 4 is 33.1 Å². The van der Waals surface area contributed by atoms with Crippen LogP contribution in [0.3, 0.4) is 0 Å². The van der Waals surface area contributed by atoms with Crippen molar-refractivity contribution in [3.05, 3.63) is 42.5 Å². The number of amides is 1. The van der Waals surface area contributed by atoms with Crippen molar-refractivity contribution in [2.75, 3.05) is 29.1 Å². The number of para-hydroxylation sites is 2. The number of aromatic hydroxyl groups is 1. The van der Waals surface area contributed by atoms with Gasteiger partial charge in [-0.05, 0) is 24.3 Å². The molecule has 0 radical (unpaired) electrons. The summed E-state index contributed by atoms with van der Waals surface area (Å²) in [5, 5.41) is 12.3. The first kappa shape index (κ1) is 18.7. The highest BCUT2D eigenvalue weighted by Gasteiger charge is 2.27. The van der Waals surface area contributed by atoms with E-state index in [0.717, 1.165) is 0 Å². The van der Waals surface area contributed by atoms with E-state index in [1.807, 2.05) is 0 Å². The molecule has 0 aromatic heterocycles. The largest absolute Gasteiger partial charge is 0.506 e. The van der Waals surface area contributed by atoms with Crippen LogP contribution in [0.1, 0.15) is 6.92 Å². The third-order valence-electron chi connectivity index (χ3n) is 4.07. The molecule has 1 heterocycles. The van der Waals surface area contributed by atoms with Crippen molar-refractivity contribution in [2.24, 2.45) is 0 Å². The van der Waals surface area contributed by atoms with Crippen molar-refractivity contribution in [3.8, 4) is 11.5 Å². The normalized spacial score (nSPS) is 13.7. The molecule has 2 aromatic rings. The summed E-state index contributed by atoms with van der Waals surface area (Å²) in [6.45, 7) is 1.20. The molecule has 142 valence electrons. The van der Waals surface area contributed by atoms with Gasteiger partial charge in [-0.15, -0.1) is 0 Å². The second-order valence-corrected chi connectivity index (χ2v) is 8.21. The number of phenolic OH excluding ortho intramolecular Hbond substituents is 1. The minimum atomic E-state index is -3.45. The molecular formula is C18H18N2O6S. The van der Waals surface area contributed by atoms with E-state index in [2.05, 4.69) is 5.32 Å². The van der Waals surface area contributed by atoms with E-state index in [1.54, 1.807) is 18.2 Å². The highest BCUT2D eigenvalue weighted by atomic mass is 32.2. The fourth-order valence-corrected chi connectivity index (χ4v) is 3.57. The van der Waals surface area contributed by atoms with Gasteiger partial charge in [-0.1, -0.05) is 19.1 Å². The first-order valence-electron chi connectivity index (χ1n) is 8.20. The lowest BCUT2D eigenvalue weighted by molar-refractivity contribution is -0.133. The zero-order valence-corrected chi connectivity index (χ0v) is 15.3. The van der Waals surface area contributed by atoms with Gasteiger partial charge in [0.15, 0.2) is 15.6 Å². The van der Waals surface area contributed by atoms with Gasteiger partial charge < -0.3 is 20.1 Å². The Kier molecular flexibility index (Phi) is 5.04. The predicted octanol–water partition coefficient (Wildman–Crippen LogP) is 1.55. The van der Waals surface area contributed by atoms with Gasteiger partial charge in [0.1, 0.15) is 12.3 Å². The molecule has 0 bridgehead atoms. The monoisotopic (exact) mass is 390 g/mol. The molecule has 0 unspecified atom stereocenters. The molecule has 1 aliphatic heterocycles. The number of fused-ring (bicyclic) bond motifs is 1. The molecule has 0 aliphatic carbocycles. The third-order valence-corrected chi connectivity index (χ3v) is 5.80. The second-order valence-electron chi connectivity index (χ2n) is 5.93. The summed E-state index contributed by atoms with van der Waals surface area (Å²) >= 11 is 0. The molecule has 27 heavy (non-hydrogen) atoms. The number of nitrogens with zero attached hydrogens (tertiary/aromatic N) is 1. The van der Waals surface area contributed by atoms with Crippen LogP contribution in [-0.4, -0.2) is 44.2 Å². The minimum Gasteiger partial charge on any atom is -0.506 e. The van der Waals surface area contributed by atoms with Crippen LogP contribution in [0.4, 0.5) is 11.4 Å². The Balaban J connectivity index is 1.83. The summed E-state index contributed by atoms with van der Waals surface area (Å²) < 4.78 is 29.2. The van der Waals surface area contributed by atoms with E-state index in [4.69, 9.17) is 4.74 Å². The van der Waals surface area contributed by atoms with Crippen LogP contribution >= 0.6 is 0 Å². The van der Waals surface area contributed by atoms with E-state index in [9.17, 15) is 23.1 Å². The Morgan fingerprint density at radius 3 is 2.70 bits per heavy atom. The third kappa shape index (κ3) is 4.03. The number of hydrogen-bond donors (Lipinski definition) is 2. The van der Waals surface area contributed by atoms with E-state index in [-0.39, 0.29) is 40.9 Å². The summed E-state index contributed by atoms with van der Waals surface area (Å²) in [6, 6.07) is 10.5. The fraction of sp³-hybridized carbons (Fsp3) is 0.222. The summed E-state index contributed by atoms with van der Waals surface area (Å²) in [5.41, 5.74) is 0.698. The molecule has 9 heteroatoms. The maximum atomic E-state index is 12.3. The topological polar surface area (TPSA) is 113 Å². The summed E-state index contributed by atoms with van der Waals surface area (Å²) in [7, 11) is -3.45. The standard InChI is InChI=1S/C18H18N2O6S/c1-2-27(24,25)12-7-8-14-16(9-12)26-18(23)11-20(14)10-17(22)19-13-5-3-4-6-15(13)21/h3-9,21H,2,10-11H2,1H3,(H,19,22). The number of hydrogen-bond acceptors (Lipinski definition) is 7. The van der Waals surface area contributed by atoms with Gasteiger partial charge in [0.2, 0.25) is 5.91 Å². The van der Waals surface area contributed by atoms with Crippen molar-refractivity contribution < 1.29 is 27.9 Å². The number of ether oxygens (including phenoxy) is 1. The number of esters is 1. The lowest BCUT2D eigenvalue weighted by Crippen LogP contribution is -2.41. The molecule has 0 saturated carbocycles. The van der Waals surface area contributed by atoms with E-state index in [0.29, 0.717) is 5.69 Å². The zero-order chi connectivity index (χ0) is 19.6. The van der Waals surface area contributed by atoms with E-state index >= 15 is 0 Å². The molecule has 1 amide bonds. The zero-order valence-electron chi connectivity index (χ0n) is 14.5. The first-order chi connectivity index (χ1) is 12.8.